The molecule has 0 spiro atoms. The molecule has 1 aliphatic rings. The molecule has 2 rings (SSSR count). The molecule has 1 aromatic carbocycles. The predicted molar refractivity (Wildman–Crippen MR) is 57.9 cm³/mol. The Hall–Kier alpha value is -0.720. The van der Waals surface area contributed by atoms with Gasteiger partial charge in [-0.1, -0.05) is 11.8 Å². The topological polar surface area (TPSA) is 18.5 Å². The van der Waals surface area contributed by atoms with Gasteiger partial charge in [-0.25, -0.2) is 0 Å². The maximum Gasteiger partial charge on any atom is 0.416 e. The first kappa shape index (κ1) is 12.7. The zero-order chi connectivity index (χ0) is 12.3. The van der Waals surface area contributed by atoms with Crippen molar-refractivity contribution in [3.05, 3.63) is 29.8 Å². The zero-order valence-electron chi connectivity index (χ0n) is 8.87. The number of thioether (sulfide) groups is 1. The fraction of sp³-hybridized carbons (Fsp3) is 0.455. The van der Waals surface area contributed by atoms with Gasteiger partial charge in [0.25, 0.3) is 0 Å². The minimum atomic E-state index is -4.28. The van der Waals surface area contributed by atoms with Crippen molar-refractivity contribution < 1.29 is 22.6 Å². The third kappa shape index (κ3) is 3.62. The van der Waals surface area contributed by atoms with Gasteiger partial charge in [-0.15, -0.1) is 0 Å². The van der Waals surface area contributed by atoms with E-state index in [1.165, 1.54) is 23.9 Å². The van der Waals surface area contributed by atoms with Crippen molar-refractivity contribution in [3.8, 4) is 0 Å². The van der Waals surface area contributed by atoms with E-state index in [-0.39, 0.29) is 5.44 Å². The minimum Gasteiger partial charge on any atom is -0.375 e. The Morgan fingerprint density at radius 1 is 1.12 bits per heavy atom. The maximum atomic E-state index is 12.3. The summed E-state index contributed by atoms with van der Waals surface area (Å²) in [7, 11) is 0. The van der Waals surface area contributed by atoms with Crippen molar-refractivity contribution in [2.75, 3.05) is 19.8 Å². The smallest absolute Gasteiger partial charge is 0.375 e. The van der Waals surface area contributed by atoms with Crippen LogP contribution in [-0.4, -0.2) is 25.3 Å². The van der Waals surface area contributed by atoms with Crippen molar-refractivity contribution in [2.45, 2.75) is 16.5 Å². The molecule has 0 amide bonds. The average molecular weight is 264 g/mol. The summed E-state index contributed by atoms with van der Waals surface area (Å²) in [5, 5.41) is 0. The van der Waals surface area contributed by atoms with Gasteiger partial charge >= 0.3 is 6.18 Å². The van der Waals surface area contributed by atoms with Crippen molar-refractivity contribution >= 4 is 11.8 Å². The molecule has 1 heterocycles. The van der Waals surface area contributed by atoms with Gasteiger partial charge in [0.15, 0.2) is 0 Å². The highest BCUT2D eigenvalue weighted by Crippen LogP contribution is 2.32. The van der Waals surface area contributed by atoms with E-state index in [1.54, 1.807) is 0 Å². The molecule has 2 nitrogen and oxygen atoms in total. The molecular weight excluding hydrogens is 253 g/mol. The number of hydrogen-bond acceptors (Lipinski definition) is 3. The van der Waals surface area contributed by atoms with Crippen LogP contribution in [0.5, 0.6) is 0 Å². The second kappa shape index (κ2) is 5.29. The second-order valence-electron chi connectivity index (χ2n) is 3.52. The molecule has 0 saturated carbocycles. The Kier molecular flexibility index (Phi) is 3.96. The predicted octanol–water partition coefficient (Wildman–Crippen LogP) is 3.17. The van der Waals surface area contributed by atoms with Crippen LogP contribution in [-0.2, 0) is 15.7 Å². The molecule has 1 atom stereocenters. The number of rotatable bonds is 2. The number of benzene rings is 1. The van der Waals surface area contributed by atoms with Gasteiger partial charge in [0.05, 0.1) is 25.4 Å². The molecule has 0 aromatic heterocycles. The molecule has 94 valence electrons. The maximum absolute atomic E-state index is 12.3. The third-order valence-corrected chi connectivity index (χ3v) is 3.31. The molecule has 1 unspecified atom stereocenters. The number of halogens is 3. The molecule has 0 bridgehead atoms. The monoisotopic (exact) mass is 264 g/mol. The molecule has 1 fully saturated rings. The third-order valence-electron chi connectivity index (χ3n) is 2.23. The van der Waals surface area contributed by atoms with Gasteiger partial charge < -0.3 is 9.47 Å². The van der Waals surface area contributed by atoms with Crippen LogP contribution in [0.25, 0.3) is 0 Å². The Bertz CT molecular complexity index is 358. The highest BCUT2D eigenvalue weighted by Gasteiger charge is 2.30. The Morgan fingerprint density at radius 3 is 2.35 bits per heavy atom. The molecule has 0 aliphatic carbocycles. The van der Waals surface area contributed by atoms with Crippen LogP contribution >= 0.6 is 11.8 Å². The summed E-state index contributed by atoms with van der Waals surface area (Å²) in [6.45, 7) is 1.56. The quantitative estimate of drug-likeness (QED) is 0.817. The Morgan fingerprint density at radius 2 is 1.82 bits per heavy atom. The van der Waals surface area contributed by atoms with Gasteiger partial charge in [-0.2, -0.15) is 13.2 Å². The highest BCUT2D eigenvalue weighted by molar-refractivity contribution is 7.99. The minimum absolute atomic E-state index is 0.138. The van der Waals surface area contributed by atoms with Gasteiger partial charge in [0, 0.05) is 4.90 Å². The van der Waals surface area contributed by atoms with Crippen LogP contribution in [0.3, 0.4) is 0 Å². The highest BCUT2D eigenvalue weighted by atomic mass is 32.2. The summed E-state index contributed by atoms with van der Waals surface area (Å²) in [6, 6.07) is 5.05. The molecular formula is C11H11F3O2S. The first-order valence-corrected chi connectivity index (χ1v) is 5.97. The van der Waals surface area contributed by atoms with E-state index in [2.05, 4.69) is 0 Å². The van der Waals surface area contributed by atoms with Crippen LogP contribution < -0.4 is 0 Å². The molecule has 6 heteroatoms. The Labute approximate surface area is 101 Å². The van der Waals surface area contributed by atoms with Crippen molar-refractivity contribution in [1.82, 2.24) is 0 Å². The van der Waals surface area contributed by atoms with E-state index in [9.17, 15) is 13.2 Å². The summed E-state index contributed by atoms with van der Waals surface area (Å²) in [5.74, 6) is 0. The number of alkyl halides is 3. The fourth-order valence-corrected chi connectivity index (χ4v) is 2.33. The molecule has 1 aromatic rings. The normalized spacial score (nSPS) is 21.5. The van der Waals surface area contributed by atoms with Gasteiger partial charge in [0.2, 0.25) is 0 Å². The number of hydrogen-bond donors (Lipinski definition) is 0. The van der Waals surface area contributed by atoms with Crippen LogP contribution in [0.15, 0.2) is 29.2 Å². The SMILES string of the molecule is FC(F)(F)c1ccc(SC2COCCO2)cc1. The fourth-order valence-electron chi connectivity index (χ4n) is 1.41. The first-order valence-electron chi connectivity index (χ1n) is 5.09. The average Bonchev–Trinajstić information content (AvgIpc) is 2.30. The van der Waals surface area contributed by atoms with E-state index in [1.807, 2.05) is 0 Å². The molecule has 0 N–H and O–H groups in total. The van der Waals surface area contributed by atoms with Gasteiger partial charge in [-0.3, -0.25) is 0 Å². The van der Waals surface area contributed by atoms with Crippen LogP contribution in [0, 0.1) is 0 Å². The molecule has 1 saturated heterocycles. The van der Waals surface area contributed by atoms with E-state index in [4.69, 9.17) is 9.47 Å². The lowest BCUT2D eigenvalue weighted by Gasteiger charge is -2.22. The van der Waals surface area contributed by atoms with Gasteiger partial charge in [-0.05, 0) is 24.3 Å². The standard InChI is InChI=1S/C11H11F3O2S/c12-11(13,14)8-1-3-9(4-2-8)17-10-7-15-5-6-16-10/h1-4,10H,5-7H2. The van der Waals surface area contributed by atoms with E-state index >= 15 is 0 Å². The summed E-state index contributed by atoms with van der Waals surface area (Å²) in [5.41, 5.74) is -0.775. The molecule has 0 radical (unpaired) electrons. The van der Waals surface area contributed by atoms with Crippen LogP contribution in [0.1, 0.15) is 5.56 Å². The lowest BCUT2D eigenvalue weighted by Crippen LogP contribution is -2.25. The van der Waals surface area contributed by atoms with Crippen LogP contribution in [0.4, 0.5) is 13.2 Å². The van der Waals surface area contributed by atoms with E-state index < -0.39 is 11.7 Å². The van der Waals surface area contributed by atoms with Crippen molar-refractivity contribution in [3.63, 3.8) is 0 Å². The van der Waals surface area contributed by atoms with E-state index in [0.29, 0.717) is 19.8 Å². The first-order chi connectivity index (χ1) is 8.05. The summed E-state index contributed by atoms with van der Waals surface area (Å²) in [6.07, 6.45) is -4.28. The van der Waals surface area contributed by atoms with E-state index in [0.717, 1.165) is 17.0 Å². The molecule has 1 aliphatic heterocycles. The van der Waals surface area contributed by atoms with Gasteiger partial charge in [0.1, 0.15) is 5.44 Å². The lowest BCUT2D eigenvalue weighted by molar-refractivity contribution is -0.137. The molecule has 17 heavy (non-hydrogen) atoms. The lowest BCUT2D eigenvalue weighted by atomic mass is 10.2. The zero-order valence-corrected chi connectivity index (χ0v) is 9.68. The summed E-state index contributed by atoms with van der Waals surface area (Å²) in [4.78, 5) is 0.744. The second-order valence-corrected chi connectivity index (χ2v) is 4.75. The summed E-state index contributed by atoms with van der Waals surface area (Å²) < 4.78 is 47.6. The van der Waals surface area contributed by atoms with Crippen molar-refractivity contribution in [1.29, 1.82) is 0 Å². The Balaban J connectivity index is 1.98. The van der Waals surface area contributed by atoms with Crippen LogP contribution in [0.2, 0.25) is 0 Å². The summed E-state index contributed by atoms with van der Waals surface area (Å²) >= 11 is 1.37. The largest absolute Gasteiger partial charge is 0.416 e. The van der Waals surface area contributed by atoms with Crippen molar-refractivity contribution in [2.24, 2.45) is 0 Å². The number of ether oxygens (including phenoxy) is 2.